The summed E-state index contributed by atoms with van der Waals surface area (Å²) in [4.78, 5) is 4.94. The minimum atomic E-state index is 0.438. The predicted molar refractivity (Wildman–Crippen MR) is 59.3 cm³/mol. The molecule has 2 fully saturated rings. The SMILES string of the molecule is CN1CC(CCN2CCCC(N)C2)C1. The lowest BCUT2D eigenvalue weighted by Crippen LogP contribution is -2.47. The van der Waals surface area contributed by atoms with Gasteiger partial charge in [-0.1, -0.05) is 0 Å². The molecule has 2 aliphatic rings. The second-order valence-electron chi connectivity index (χ2n) is 5.08. The molecule has 2 rings (SSSR count). The minimum absolute atomic E-state index is 0.438. The predicted octanol–water partition coefficient (Wildman–Crippen LogP) is 0.361. The zero-order chi connectivity index (χ0) is 9.97. The molecule has 0 aromatic carbocycles. The number of hydrogen-bond acceptors (Lipinski definition) is 3. The molecule has 2 N–H and O–H groups in total. The average Bonchev–Trinajstić information content (AvgIpc) is 2.11. The molecular weight excluding hydrogens is 174 g/mol. The maximum absolute atomic E-state index is 5.95. The summed E-state index contributed by atoms with van der Waals surface area (Å²) in [5.74, 6) is 0.957. The molecule has 2 aliphatic heterocycles. The standard InChI is InChI=1S/C11H23N3/c1-13-7-10(8-13)4-6-14-5-2-3-11(12)9-14/h10-11H,2-9,12H2,1H3. The van der Waals surface area contributed by atoms with Gasteiger partial charge in [0.15, 0.2) is 0 Å². The molecule has 0 spiro atoms. The minimum Gasteiger partial charge on any atom is -0.327 e. The van der Waals surface area contributed by atoms with E-state index in [0.717, 1.165) is 12.5 Å². The highest BCUT2D eigenvalue weighted by Gasteiger charge is 2.24. The Labute approximate surface area is 87.2 Å². The van der Waals surface area contributed by atoms with Crippen LogP contribution in [0.3, 0.4) is 0 Å². The van der Waals surface area contributed by atoms with Gasteiger partial charge in [0.25, 0.3) is 0 Å². The maximum Gasteiger partial charge on any atom is 0.0168 e. The summed E-state index contributed by atoms with van der Waals surface area (Å²) in [6, 6.07) is 0.438. The maximum atomic E-state index is 5.95. The van der Waals surface area contributed by atoms with Gasteiger partial charge in [-0.05, 0) is 45.3 Å². The van der Waals surface area contributed by atoms with Gasteiger partial charge in [0.1, 0.15) is 0 Å². The van der Waals surface area contributed by atoms with Crippen LogP contribution in [-0.2, 0) is 0 Å². The van der Waals surface area contributed by atoms with E-state index in [1.54, 1.807) is 0 Å². The summed E-state index contributed by atoms with van der Waals surface area (Å²) in [6.07, 6.45) is 3.89. The van der Waals surface area contributed by atoms with Crippen LogP contribution in [-0.4, -0.2) is 55.6 Å². The lowest BCUT2D eigenvalue weighted by molar-refractivity contribution is 0.105. The summed E-state index contributed by atoms with van der Waals surface area (Å²) in [5.41, 5.74) is 5.95. The lowest BCUT2D eigenvalue weighted by atomic mass is 9.96. The van der Waals surface area contributed by atoms with E-state index in [1.807, 2.05) is 0 Å². The van der Waals surface area contributed by atoms with Gasteiger partial charge in [0.2, 0.25) is 0 Å². The number of rotatable bonds is 3. The van der Waals surface area contributed by atoms with Crippen molar-refractivity contribution in [3.05, 3.63) is 0 Å². The van der Waals surface area contributed by atoms with E-state index >= 15 is 0 Å². The fourth-order valence-electron chi connectivity index (χ4n) is 2.67. The first-order valence-corrected chi connectivity index (χ1v) is 5.90. The number of likely N-dealkylation sites (tertiary alicyclic amines) is 2. The number of nitrogens with two attached hydrogens (primary N) is 1. The molecule has 0 saturated carbocycles. The van der Waals surface area contributed by atoms with Gasteiger partial charge < -0.3 is 15.5 Å². The third-order valence-electron chi connectivity index (χ3n) is 3.54. The zero-order valence-electron chi connectivity index (χ0n) is 9.28. The molecule has 0 aromatic rings. The van der Waals surface area contributed by atoms with Crippen molar-refractivity contribution in [2.24, 2.45) is 11.7 Å². The average molecular weight is 197 g/mol. The van der Waals surface area contributed by atoms with Crippen LogP contribution < -0.4 is 5.73 Å². The Balaban J connectivity index is 1.60. The second-order valence-corrected chi connectivity index (χ2v) is 5.08. The molecule has 1 atom stereocenters. The highest BCUT2D eigenvalue weighted by atomic mass is 15.2. The van der Waals surface area contributed by atoms with Gasteiger partial charge in [0, 0.05) is 25.7 Å². The highest BCUT2D eigenvalue weighted by Crippen LogP contribution is 2.18. The molecule has 3 heteroatoms. The fourth-order valence-corrected chi connectivity index (χ4v) is 2.67. The molecule has 82 valence electrons. The Hall–Kier alpha value is -0.120. The normalized spacial score (nSPS) is 31.7. The van der Waals surface area contributed by atoms with Gasteiger partial charge in [-0.15, -0.1) is 0 Å². The summed E-state index contributed by atoms with van der Waals surface area (Å²) >= 11 is 0. The van der Waals surface area contributed by atoms with E-state index in [9.17, 15) is 0 Å². The van der Waals surface area contributed by atoms with Crippen LogP contribution in [0.5, 0.6) is 0 Å². The Kier molecular flexibility index (Phi) is 3.42. The lowest BCUT2D eigenvalue weighted by Gasteiger charge is -2.38. The van der Waals surface area contributed by atoms with Crippen molar-refractivity contribution >= 4 is 0 Å². The topological polar surface area (TPSA) is 32.5 Å². The van der Waals surface area contributed by atoms with Gasteiger partial charge >= 0.3 is 0 Å². The van der Waals surface area contributed by atoms with Gasteiger partial charge in [0.05, 0.1) is 0 Å². The van der Waals surface area contributed by atoms with Crippen LogP contribution in [0.25, 0.3) is 0 Å². The van der Waals surface area contributed by atoms with E-state index < -0.39 is 0 Å². The molecule has 0 amide bonds. The van der Waals surface area contributed by atoms with Crippen molar-refractivity contribution in [3.63, 3.8) is 0 Å². The van der Waals surface area contributed by atoms with Crippen molar-refractivity contribution in [3.8, 4) is 0 Å². The number of nitrogens with zero attached hydrogens (tertiary/aromatic N) is 2. The van der Waals surface area contributed by atoms with Crippen LogP contribution in [0, 0.1) is 5.92 Å². The molecule has 1 unspecified atom stereocenters. The van der Waals surface area contributed by atoms with Gasteiger partial charge in [-0.25, -0.2) is 0 Å². The number of hydrogen-bond donors (Lipinski definition) is 1. The van der Waals surface area contributed by atoms with Crippen LogP contribution in [0.15, 0.2) is 0 Å². The smallest absolute Gasteiger partial charge is 0.0168 e. The molecule has 14 heavy (non-hydrogen) atoms. The quantitative estimate of drug-likeness (QED) is 0.709. The summed E-state index contributed by atoms with van der Waals surface area (Å²) in [5, 5.41) is 0. The molecule has 0 bridgehead atoms. The van der Waals surface area contributed by atoms with Crippen LogP contribution in [0.4, 0.5) is 0 Å². The van der Waals surface area contributed by atoms with Crippen LogP contribution >= 0.6 is 0 Å². The van der Waals surface area contributed by atoms with E-state index in [2.05, 4.69) is 16.8 Å². The Morgan fingerprint density at radius 2 is 2.07 bits per heavy atom. The molecule has 0 radical (unpaired) electrons. The van der Waals surface area contributed by atoms with Crippen LogP contribution in [0.1, 0.15) is 19.3 Å². The van der Waals surface area contributed by atoms with Crippen molar-refractivity contribution in [2.75, 3.05) is 39.8 Å². The zero-order valence-corrected chi connectivity index (χ0v) is 9.28. The van der Waals surface area contributed by atoms with E-state index in [4.69, 9.17) is 5.73 Å². The third-order valence-corrected chi connectivity index (χ3v) is 3.54. The van der Waals surface area contributed by atoms with E-state index in [1.165, 1.54) is 45.4 Å². The highest BCUT2D eigenvalue weighted by molar-refractivity contribution is 4.80. The largest absolute Gasteiger partial charge is 0.327 e. The monoisotopic (exact) mass is 197 g/mol. The van der Waals surface area contributed by atoms with Crippen molar-refractivity contribution in [2.45, 2.75) is 25.3 Å². The van der Waals surface area contributed by atoms with Crippen molar-refractivity contribution in [1.29, 1.82) is 0 Å². The molecule has 2 heterocycles. The van der Waals surface area contributed by atoms with Gasteiger partial charge in [-0.3, -0.25) is 0 Å². The summed E-state index contributed by atoms with van der Waals surface area (Å²) in [6.45, 7) is 6.28. The first-order valence-electron chi connectivity index (χ1n) is 5.90. The second kappa shape index (κ2) is 4.60. The Bertz CT molecular complexity index is 177. The Morgan fingerprint density at radius 3 is 2.71 bits per heavy atom. The molecule has 0 aromatic heterocycles. The van der Waals surface area contributed by atoms with E-state index in [0.29, 0.717) is 6.04 Å². The summed E-state index contributed by atoms with van der Waals surface area (Å²) < 4.78 is 0. The molecular formula is C11H23N3. The Morgan fingerprint density at radius 1 is 1.29 bits per heavy atom. The first kappa shape index (κ1) is 10.4. The third kappa shape index (κ3) is 2.69. The van der Waals surface area contributed by atoms with Crippen LogP contribution in [0.2, 0.25) is 0 Å². The van der Waals surface area contributed by atoms with Crippen molar-refractivity contribution < 1.29 is 0 Å². The van der Waals surface area contributed by atoms with Gasteiger partial charge in [-0.2, -0.15) is 0 Å². The fraction of sp³-hybridized carbons (Fsp3) is 1.00. The molecule has 0 aliphatic carbocycles. The molecule has 3 nitrogen and oxygen atoms in total. The van der Waals surface area contributed by atoms with Crippen molar-refractivity contribution in [1.82, 2.24) is 9.80 Å². The summed E-state index contributed by atoms with van der Waals surface area (Å²) in [7, 11) is 2.20. The first-order chi connectivity index (χ1) is 6.74. The number of piperidine rings is 1. The molecule has 2 saturated heterocycles. The van der Waals surface area contributed by atoms with E-state index in [-0.39, 0.29) is 0 Å².